The third-order valence-electron chi connectivity index (χ3n) is 10.5. The van der Waals surface area contributed by atoms with Gasteiger partial charge in [-0.05, 0) is 77.7 Å². The van der Waals surface area contributed by atoms with Crippen molar-refractivity contribution in [3.05, 3.63) is 153 Å². The molecule has 0 aliphatic carbocycles. The van der Waals surface area contributed by atoms with E-state index in [9.17, 15) is 0 Å². The van der Waals surface area contributed by atoms with Crippen molar-refractivity contribution in [2.24, 2.45) is 0 Å². The molecule has 13 heteroatoms. The molecule has 55 heavy (non-hydrogen) atoms. The Kier molecular flexibility index (Phi) is 6.14. The minimum Gasteiger partial charge on any atom is -0.295 e. The lowest BCUT2D eigenvalue weighted by Crippen LogP contribution is -2.61. The Morgan fingerprint density at radius 2 is 1.22 bits per heavy atom. The topological polar surface area (TPSA) is 119 Å². The Morgan fingerprint density at radius 1 is 0.527 bits per heavy atom. The number of hydrogen-bond donors (Lipinski definition) is 0. The fourth-order valence-corrected chi connectivity index (χ4v) is 8.45. The summed E-state index contributed by atoms with van der Waals surface area (Å²) in [5, 5.41) is 0.897. The highest BCUT2D eigenvalue weighted by molar-refractivity contribution is 6.99. The summed E-state index contributed by atoms with van der Waals surface area (Å²) in [6.07, 6.45) is 14.3. The first-order valence-corrected chi connectivity index (χ1v) is 17.9. The van der Waals surface area contributed by atoms with Crippen molar-refractivity contribution in [3.8, 4) is 11.5 Å². The van der Waals surface area contributed by atoms with Crippen molar-refractivity contribution in [1.29, 1.82) is 0 Å². The van der Waals surface area contributed by atoms with Crippen molar-refractivity contribution < 1.29 is 0 Å². The minimum absolute atomic E-state index is 0.251. The van der Waals surface area contributed by atoms with E-state index in [0.29, 0.717) is 5.65 Å². The summed E-state index contributed by atoms with van der Waals surface area (Å²) in [5.41, 5.74) is 10.9. The van der Waals surface area contributed by atoms with E-state index in [0.717, 1.165) is 90.1 Å². The predicted octanol–water partition coefficient (Wildman–Crippen LogP) is 5.97. The van der Waals surface area contributed by atoms with Crippen molar-refractivity contribution in [2.75, 3.05) is 9.80 Å². The summed E-state index contributed by atoms with van der Waals surface area (Å²) < 4.78 is 4.42. The molecular formula is C42H25BN12. The highest BCUT2D eigenvalue weighted by Crippen LogP contribution is 2.45. The van der Waals surface area contributed by atoms with Gasteiger partial charge in [0.2, 0.25) is 0 Å². The van der Waals surface area contributed by atoms with Crippen LogP contribution in [0.5, 0.6) is 0 Å². The number of para-hydroxylation sites is 1. The molecule has 0 radical (unpaired) electrons. The van der Waals surface area contributed by atoms with Crippen molar-refractivity contribution in [2.45, 2.75) is 0 Å². The molecule has 0 amide bonds. The molecule has 256 valence electrons. The smallest absolute Gasteiger partial charge is 0.277 e. The molecule has 0 unspecified atom stereocenters. The standard InChI is InChI=1S/C42H25BN12/c1-2-10-26(11-3-1)52-29-24-27(53(31-12-4-7-16-44-31)32-13-5-8-17-45-32)25-30-35(29)43(39-41(52)51-23-21-49-39)28-15-19-47-36-34-37-40(50-22-20-48-37)55(33-14-6-9-18-46-33)42(34)54(30)38(28)36/h1-25H. The zero-order valence-corrected chi connectivity index (χ0v) is 28.9. The zero-order valence-electron chi connectivity index (χ0n) is 28.9. The Hall–Kier alpha value is -7.80. The zero-order chi connectivity index (χ0) is 36.0. The van der Waals surface area contributed by atoms with Crippen LogP contribution in [0.15, 0.2) is 153 Å². The SMILES string of the molecule is c1ccc(N2c3cc(N(c4ccccn4)c4ccccn4)cc4c3B(c3nccnc32)c2ccnc3c5c6nccnc6n(-c6ccccn6)c5n-4c23)cc1. The van der Waals surface area contributed by atoms with E-state index < -0.39 is 0 Å². The van der Waals surface area contributed by atoms with E-state index in [1.165, 1.54) is 0 Å². The number of benzene rings is 2. The van der Waals surface area contributed by atoms with Crippen LogP contribution < -0.4 is 26.3 Å². The number of aromatic nitrogens is 10. The predicted molar refractivity (Wildman–Crippen MR) is 214 cm³/mol. The molecule has 0 atom stereocenters. The summed E-state index contributed by atoms with van der Waals surface area (Å²) in [6.45, 7) is -0.251. The molecular weight excluding hydrogens is 683 g/mol. The first kappa shape index (κ1) is 29.7. The van der Waals surface area contributed by atoms with Gasteiger partial charge in [0.1, 0.15) is 28.6 Å². The number of pyridine rings is 4. The summed E-state index contributed by atoms with van der Waals surface area (Å²) in [5.74, 6) is 2.94. The number of nitrogens with zero attached hydrogens (tertiary/aromatic N) is 12. The molecule has 12 nitrogen and oxygen atoms in total. The Labute approximate surface area is 313 Å². The highest BCUT2D eigenvalue weighted by Gasteiger charge is 2.45. The Bertz CT molecular complexity index is 3080. The third kappa shape index (κ3) is 4.11. The normalized spacial score (nSPS) is 12.7. The lowest BCUT2D eigenvalue weighted by molar-refractivity contribution is 1.00. The molecule has 0 saturated carbocycles. The molecule has 8 aromatic heterocycles. The van der Waals surface area contributed by atoms with Gasteiger partial charge in [-0.15, -0.1) is 0 Å². The Balaban J connectivity index is 1.29. The van der Waals surface area contributed by atoms with Gasteiger partial charge in [0.05, 0.1) is 27.7 Å². The molecule has 12 rings (SSSR count). The molecule has 0 spiro atoms. The minimum atomic E-state index is -0.251. The molecule has 2 aliphatic rings. The fourth-order valence-electron chi connectivity index (χ4n) is 8.45. The fraction of sp³-hybridized carbons (Fsp3) is 0. The number of hydrogen-bond acceptors (Lipinski definition) is 10. The van der Waals surface area contributed by atoms with Gasteiger partial charge in [0.25, 0.3) is 6.71 Å². The quantitative estimate of drug-likeness (QED) is 0.198. The molecule has 2 aromatic carbocycles. The second kappa shape index (κ2) is 11.4. The van der Waals surface area contributed by atoms with Crippen LogP contribution >= 0.6 is 0 Å². The van der Waals surface area contributed by atoms with Crippen LogP contribution in [0.25, 0.3) is 44.7 Å². The molecule has 0 bridgehead atoms. The summed E-state index contributed by atoms with van der Waals surface area (Å²) >= 11 is 0. The lowest BCUT2D eigenvalue weighted by Gasteiger charge is -2.39. The van der Waals surface area contributed by atoms with Gasteiger partial charge in [0, 0.05) is 66.6 Å². The van der Waals surface area contributed by atoms with Gasteiger partial charge >= 0.3 is 0 Å². The largest absolute Gasteiger partial charge is 0.295 e. The second-order valence-electron chi connectivity index (χ2n) is 13.4. The molecule has 10 aromatic rings. The van der Waals surface area contributed by atoms with E-state index in [1.54, 1.807) is 43.4 Å². The van der Waals surface area contributed by atoms with Gasteiger partial charge in [-0.3, -0.25) is 33.9 Å². The molecule has 10 heterocycles. The van der Waals surface area contributed by atoms with E-state index in [-0.39, 0.29) is 6.71 Å². The van der Waals surface area contributed by atoms with Gasteiger partial charge < -0.3 is 0 Å². The van der Waals surface area contributed by atoms with Gasteiger partial charge in [-0.2, -0.15) is 0 Å². The van der Waals surface area contributed by atoms with Gasteiger partial charge in [-0.1, -0.05) is 36.4 Å². The first-order valence-electron chi connectivity index (χ1n) is 17.9. The number of rotatable bonds is 5. The maximum atomic E-state index is 5.09. The van der Waals surface area contributed by atoms with Crippen molar-refractivity contribution in [1.82, 2.24) is 49.0 Å². The van der Waals surface area contributed by atoms with Gasteiger partial charge in [0.15, 0.2) is 11.5 Å². The molecule has 0 N–H and O–H groups in total. The van der Waals surface area contributed by atoms with Crippen molar-refractivity contribution in [3.63, 3.8) is 0 Å². The van der Waals surface area contributed by atoms with Crippen LogP contribution in [0.1, 0.15) is 0 Å². The van der Waals surface area contributed by atoms with E-state index in [2.05, 4.69) is 49.3 Å². The van der Waals surface area contributed by atoms with Crippen molar-refractivity contribution >= 4 is 91.0 Å². The Morgan fingerprint density at radius 3 is 1.98 bits per heavy atom. The number of anilines is 6. The molecule has 0 fully saturated rings. The summed E-state index contributed by atoms with van der Waals surface area (Å²) in [7, 11) is 0. The lowest BCUT2D eigenvalue weighted by atomic mass is 9.35. The maximum absolute atomic E-state index is 5.09. The van der Waals surface area contributed by atoms with Crippen LogP contribution in [0.4, 0.5) is 34.5 Å². The number of fused-ring (bicyclic) bond motifs is 9. The van der Waals surface area contributed by atoms with E-state index in [4.69, 9.17) is 39.9 Å². The van der Waals surface area contributed by atoms with E-state index in [1.807, 2.05) is 79.0 Å². The molecule has 2 aliphatic heterocycles. The highest BCUT2D eigenvalue weighted by atomic mass is 15.3. The maximum Gasteiger partial charge on any atom is 0.277 e. The third-order valence-corrected chi connectivity index (χ3v) is 10.5. The second-order valence-corrected chi connectivity index (χ2v) is 13.4. The summed E-state index contributed by atoms with van der Waals surface area (Å²) in [6, 6.07) is 34.6. The van der Waals surface area contributed by atoms with Crippen LogP contribution in [0.3, 0.4) is 0 Å². The van der Waals surface area contributed by atoms with Crippen LogP contribution in [-0.2, 0) is 0 Å². The van der Waals surface area contributed by atoms with Crippen LogP contribution in [0.2, 0.25) is 0 Å². The van der Waals surface area contributed by atoms with Crippen LogP contribution in [-0.4, -0.2) is 55.7 Å². The first-order chi connectivity index (χ1) is 27.3. The monoisotopic (exact) mass is 708 g/mol. The van der Waals surface area contributed by atoms with E-state index >= 15 is 0 Å². The average Bonchev–Trinajstić information content (AvgIpc) is 3.77. The van der Waals surface area contributed by atoms with Crippen LogP contribution in [0, 0.1) is 0 Å². The molecule has 0 saturated heterocycles. The summed E-state index contributed by atoms with van der Waals surface area (Å²) in [4.78, 5) is 43.9. The van der Waals surface area contributed by atoms with Gasteiger partial charge in [-0.25, -0.2) is 24.9 Å². The average molecular weight is 709 g/mol.